The average Bonchev–Trinajstić information content (AvgIpc) is 3.14. The molecule has 0 fully saturated rings. The first-order valence-electron chi connectivity index (χ1n) is 9.45. The van der Waals surface area contributed by atoms with Crippen LogP contribution >= 0.6 is 27.3 Å². The van der Waals surface area contributed by atoms with Crippen LogP contribution in [0.3, 0.4) is 0 Å². The van der Waals surface area contributed by atoms with Gasteiger partial charge in [-0.3, -0.25) is 9.69 Å². The molecule has 0 aliphatic carbocycles. The lowest BCUT2D eigenvalue weighted by atomic mass is 10.1. The van der Waals surface area contributed by atoms with E-state index in [9.17, 15) is 10.1 Å². The standard InChI is InChI=1S/C21H26BrN3OS/c1-3-5-11-25(12-6-4-2)14-20(26)18(13-23)21-24-19(15-27-21)16-7-9-17(22)10-8-16/h7-10,15,18H,3-6,11-12,14H2,1-2H3/t18-/m1/s1. The number of halogens is 1. The van der Waals surface area contributed by atoms with Crippen LogP contribution in [0.1, 0.15) is 50.5 Å². The molecule has 6 heteroatoms. The maximum absolute atomic E-state index is 12.8. The highest BCUT2D eigenvalue weighted by atomic mass is 79.9. The number of carbonyl (C=O) groups excluding carboxylic acids is 1. The SMILES string of the molecule is CCCCN(CCCC)CC(=O)[C@@H](C#N)c1nc(-c2ccc(Br)cc2)cs1. The van der Waals surface area contributed by atoms with Gasteiger partial charge < -0.3 is 0 Å². The number of thiazole rings is 1. The lowest BCUT2D eigenvalue weighted by Crippen LogP contribution is -2.34. The quantitative estimate of drug-likeness (QED) is 0.446. The summed E-state index contributed by atoms with van der Waals surface area (Å²) in [6.45, 7) is 6.43. The summed E-state index contributed by atoms with van der Waals surface area (Å²) < 4.78 is 1.01. The normalized spacial score (nSPS) is 12.1. The number of aromatic nitrogens is 1. The zero-order valence-corrected chi connectivity index (χ0v) is 18.4. The van der Waals surface area contributed by atoms with E-state index in [1.165, 1.54) is 11.3 Å². The van der Waals surface area contributed by atoms with Gasteiger partial charge >= 0.3 is 0 Å². The van der Waals surface area contributed by atoms with E-state index in [4.69, 9.17) is 0 Å². The predicted octanol–water partition coefficient (Wildman–Crippen LogP) is 5.65. The van der Waals surface area contributed by atoms with Crippen LogP contribution in [0.5, 0.6) is 0 Å². The molecule has 0 saturated carbocycles. The second kappa shape index (κ2) is 11.3. The number of nitrogens with zero attached hydrogens (tertiary/aromatic N) is 3. The molecule has 0 unspecified atom stereocenters. The van der Waals surface area contributed by atoms with Crippen molar-refractivity contribution in [3.8, 4) is 17.3 Å². The van der Waals surface area contributed by atoms with Gasteiger partial charge in [-0.05, 0) is 38.1 Å². The third-order valence-corrected chi connectivity index (χ3v) is 5.83. The minimum absolute atomic E-state index is 0.0542. The first-order chi connectivity index (χ1) is 13.1. The van der Waals surface area contributed by atoms with Crippen molar-refractivity contribution in [2.75, 3.05) is 19.6 Å². The summed E-state index contributed by atoms with van der Waals surface area (Å²) in [6.07, 6.45) is 4.33. The van der Waals surface area contributed by atoms with E-state index in [0.29, 0.717) is 11.6 Å². The van der Waals surface area contributed by atoms with Gasteiger partial charge in [-0.25, -0.2) is 4.98 Å². The van der Waals surface area contributed by atoms with E-state index in [1.807, 2.05) is 29.6 Å². The predicted molar refractivity (Wildman–Crippen MR) is 115 cm³/mol. The van der Waals surface area contributed by atoms with Crippen molar-refractivity contribution in [3.63, 3.8) is 0 Å². The molecule has 2 rings (SSSR count). The molecule has 1 heterocycles. The van der Waals surface area contributed by atoms with Gasteiger partial charge in [0.1, 0.15) is 5.01 Å². The van der Waals surface area contributed by atoms with Crippen LogP contribution in [0, 0.1) is 11.3 Å². The fourth-order valence-corrected chi connectivity index (χ4v) is 3.94. The largest absolute Gasteiger partial charge is 0.296 e. The molecule has 0 amide bonds. The molecule has 0 aliphatic heterocycles. The molecular formula is C21H26BrN3OS. The molecule has 2 aromatic rings. The van der Waals surface area contributed by atoms with Crippen molar-refractivity contribution in [1.29, 1.82) is 5.26 Å². The molecule has 4 nitrogen and oxygen atoms in total. The molecule has 0 spiro atoms. The van der Waals surface area contributed by atoms with Gasteiger partial charge in [0, 0.05) is 15.4 Å². The Hall–Kier alpha value is -1.55. The molecule has 0 aliphatic rings. The van der Waals surface area contributed by atoms with Crippen molar-refractivity contribution in [2.24, 2.45) is 0 Å². The maximum atomic E-state index is 12.8. The smallest absolute Gasteiger partial charge is 0.170 e. The summed E-state index contributed by atoms with van der Waals surface area (Å²) in [5, 5.41) is 12.1. The molecule has 0 N–H and O–H groups in total. The number of rotatable bonds is 11. The minimum Gasteiger partial charge on any atom is -0.296 e. The number of hydrogen-bond acceptors (Lipinski definition) is 5. The van der Waals surface area contributed by atoms with E-state index in [0.717, 1.165) is 54.5 Å². The van der Waals surface area contributed by atoms with Crippen molar-refractivity contribution in [2.45, 2.75) is 45.4 Å². The Morgan fingerprint density at radius 2 is 1.85 bits per heavy atom. The Balaban J connectivity index is 2.09. The van der Waals surface area contributed by atoms with Crippen molar-refractivity contribution in [3.05, 3.63) is 39.1 Å². The average molecular weight is 448 g/mol. The highest BCUT2D eigenvalue weighted by Crippen LogP contribution is 2.28. The van der Waals surface area contributed by atoms with E-state index >= 15 is 0 Å². The van der Waals surface area contributed by atoms with Gasteiger partial charge in [0.25, 0.3) is 0 Å². The monoisotopic (exact) mass is 447 g/mol. The number of Topliss-reactive ketones (excluding diaryl/α,β-unsaturated/α-hetero) is 1. The van der Waals surface area contributed by atoms with Crippen molar-refractivity contribution < 1.29 is 4.79 Å². The summed E-state index contributed by atoms with van der Waals surface area (Å²) in [7, 11) is 0. The number of hydrogen-bond donors (Lipinski definition) is 0. The van der Waals surface area contributed by atoms with E-state index < -0.39 is 5.92 Å². The molecule has 27 heavy (non-hydrogen) atoms. The highest BCUT2D eigenvalue weighted by molar-refractivity contribution is 9.10. The van der Waals surface area contributed by atoms with Crippen LogP contribution in [-0.2, 0) is 4.79 Å². The van der Waals surface area contributed by atoms with Crippen LogP contribution < -0.4 is 0 Å². The van der Waals surface area contributed by atoms with E-state index in [1.54, 1.807) is 0 Å². The van der Waals surface area contributed by atoms with E-state index in [-0.39, 0.29) is 5.78 Å². The zero-order valence-electron chi connectivity index (χ0n) is 15.9. The van der Waals surface area contributed by atoms with Crippen LogP contribution in [0.25, 0.3) is 11.3 Å². The molecule has 1 aromatic carbocycles. The van der Waals surface area contributed by atoms with E-state index in [2.05, 4.69) is 45.7 Å². The summed E-state index contributed by atoms with van der Waals surface area (Å²) in [5.74, 6) is -0.841. The molecule has 1 aromatic heterocycles. The first-order valence-corrected chi connectivity index (χ1v) is 11.1. The molecule has 0 saturated heterocycles. The fraction of sp³-hybridized carbons (Fsp3) is 0.476. The number of benzene rings is 1. The third kappa shape index (κ3) is 6.53. The van der Waals surface area contributed by atoms with Crippen molar-refractivity contribution >= 4 is 33.0 Å². The summed E-state index contributed by atoms with van der Waals surface area (Å²) in [4.78, 5) is 19.6. The minimum atomic E-state index is -0.787. The van der Waals surface area contributed by atoms with Gasteiger partial charge in [0.15, 0.2) is 11.7 Å². The van der Waals surface area contributed by atoms with Crippen LogP contribution in [0.4, 0.5) is 0 Å². The van der Waals surface area contributed by atoms with Gasteiger partial charge in [-0.1, -0.05) is 54.8 Å². The summed E-state index contributed by atoms with van der Waals surface area (Å²) in [5.41, 5.74) is 1.79. The maximum Gasteiger partial charge on any atom is 0.170 e. The Labute approximate surface area is 174 Å². The van der Waals surface area contributed by atoms with Gasteiger partial charge in [-0.15, -0.1) is 11.3 Å². The Kier molecular flexibility index (Phi) is 9.12. The lowest BCUT2D eigenvalue weighted by molar-refractivity contribution is -0.120. The molecular weight excluding hydrogens is 422 g/mol. The second-order valence-electron chi connectivity index (χ2n) is 6.59. The topological polar surface area (TPSA) is 57.0 Å². The molecule has 0 bridgehead atoms. The number of carbonyl (C=O) groups is 1. The fourth-order valence-electron chi connectivity index (χ4n) is 2.78. The number of ketones is 1. The Morgan fingerprint density at radius 1 is 1.22 bits per heavy atom. The zero-order chi connectivity index (χ0) is 19.6. The Bertz CT molecular complexity index is 758. The van der Waals surface area contributed by atoms with Crippen LogP contribution in [0.15, 0.2) is 34.1 Å². The third-order valence-electron chi connectivity index (χ3n) is 4.40. The Morgan fingerprint density at radius 3 is 2.41 bits per heavy atom. The van der Waals surface area contributed by atoms with Gasteiger partial charge in [0.05, 0.1) is 18.3 Å². The number of nitriles is 1. The second-order valence-corrected chi connectivity index (χ2v) is 8.39. The van der Waals surface area contributed by atoms with Gasteiger partial charge in [-0.2, -0.15) is 5.26 Å². The van der Waals surface area contributed by atoms with Crippen molar-refractivity contribution in [1.82, 2.24) is 9.88 Å². The summed E-state index contributed by atoms with van der Waals surface area (Å²) >= 11 is 4.81. The van der Waals surface area contributed by atoms with Crippen LogP contribution in [0.2, 0.25) is 0 Å². The summed E-state index contributed by atoms with van der Waals surface area (Å²) in [6, 6.07) is 10.0. The first kappa shape index (κ1) is 21.7. The number of unbranched alkanes of at least 4 members (excludes halogenated alkanes) is 2. The molecule has 0 radical (unpaired) electrons. The molecule has 144 valence electrons. The highest BCUT2D eigenvalue weighted by Gasteiger charge is 2.25. The van der Waals surface area contributed by atoms with Gasteiger partial charge in [0.2, 0.25) is 0 Å². The van der Waals surface area contributed by atoms with Crippen LogP contribution in [-0.4, -0.2) is 35.3 Å². The molecule has 1 atom stereocenters. The lowest BCUT2D eigenvalue weighted by Gasteiger charge is -2.21.